The van der Waals surface area contributed by atoms with E-state index < -0.39 is 11.2 Å². The van der Waals surface area contributed by atoms with Crippen LogP contribution in [0.3, 0.4) is 0 Å². The molecule has 0 spiro atoms. The second-order valence-electron chi connectivity index (χ2n) is 3.84. The molecule has 1 aliphatic heterocycles. The van der Waals surface area contributed by atoms with Crippen LogP contribution in [0.4, 0.5) is 0 Å². The van der Waals surface area contributed by atoms with Crippen LogP contribution in [0.15, 0.2) is 47.6 Å². The van der Waals surface area contributed by atoms with Gasteiger partial charge in [-0.3, -0.25) is 0 Å². The third-order valence-electron chi connectivity index (χ3n) is 2.84. The second-order valence-corrected chi connectivity index (χ2v) is 3.84. The molecule has 0 saturated heterocycles. The number of hydrogen-bond acceptors (Lipinski definition) is 5. The van der Waals surface area contributed by atoms with E-state index in [1.807, 2.05) is 0 Å². The fourth-order valence-corrected chi connectivity index (χ4v) is 1.95. The van der Waals surface area contributed by atoms with E-state index in [4.69, 9.17) is 4.74 Å². The van der Waals surface area contributed by atoms with Crippen molar-refractivity contribution in [3.63, 3.8) is 0 Å². The summed E-state index contributed by atoms with van der Waals surface area (Å²) >= 11 is 0. The highest BCUT2D eigenvalue weighted by Gasteiger charge is 2.56. The van der Waals surface area contributed by atoms with Gasteiger partial charge >= 0.3 is 0 Å². The Morgan fingerprint density at radius 1 is 0.684 bits per heavy atom. The Kier molecular flexibility index (Phi) is 2.78. The molecule has 1 heterocycles. The molecule has 0 saturated carbocycles. The van der Waals surface area contributed by atoms with Gasteiger partial charge in [-0.25, -0.2) is 0 Å². The quantitative estimate of drug-likeness (QED) is 0.645. The molecule has 0 radical (unpaired) electrons. The van der Waals surface area contributed by atoms with Gasteiger partial charge in [-0.2, -0.15) is 21.0 Å². The maximum absolute atomic E-state index is 9.21. The predicted octanol–water partition coefficient (Wildman–Crippen LogP) is 1.57. The lowest BCUT2D eigenvalue weighted by molar-refractivity contribution is 0.0316. The highest BCUT2D eigenvalue weighted by molar-refractivity contribution is 5.62. The molecule has 2 rings (SSSR count). The molecule has 5 nitrogen and oxygen atoms in total. The first kappa shape index (κ1) is 12.3. The summed E-state index contributed by atoms with van der Waals surface area (Å²) in [6.07, 6.45) is 9.68. The zero-order chi connectivity index (χ0) is 13.9. The van der Waals surface area contributed by atoms with Gasteiger partial charge in [-0.1, -0.05) is 36.5 Å². The van der Waals surface area contributed by atoms with Crippen LogP contribution in [0.25, 0.3) is 0 Å². The van der Waals surface area contributed by atoms with Gasteiger partial charge < -0.3 is 4.74 Å². The lowest BCUT2D eigenvalue weighted by Gasteiger charge is -2.17. The van der Waals surface area contributed by atoms with E-state index in [-0.39, 0.29) is 11.1 Å². The third-order valence-corrected chi connectivity index (χ3v) is 2.84. The molecule has 1 aliphatic carbocycles. The highest BCUT2D eigenvalue weighted by atomic mass is 16.5. The van der Waals surface area contributed by atoms with Crippen LogP contribution < -0.4 is 0 Å². The van der Waals surface area contributed by atoms with Crippen molar-refractivity contribution in [1.29, 1.82) is 21.0 Å². The molecule has 0 N–H and O–H groups in total. The van der Waals surface area contributed by atoms with Crippen LogP contribution in [0, 0.1) is 45.3 Å². The zero-order valence-electron chi connectivity index (χ0n) is 9.66. The van der Waals surface area contributed by atoms with Crippen LogP contribution in [0.5, 0.6) is 0 Å². The maximum Gasteiger partial charge on any atom is 0.270 e. The van der Waals surface area contributed by atoms with Crippen molar-refractivity contribution in [3.8, 4) is 24.3 Å². The molecule has 2 aliphatic rings. The van der Waals surface area contributed by atoms with Gasteiger partial charge in [0.15, 0.2) is 0 Å². The van der Waals surface area contributed by atoms with Gasteiger partial charge in [0.25, 0.3) is 11.2 Å². The summed E-state index contributed by atoms with van der Waals surface area (Å²) in [7, 11) is 0. The summed E-state index contributed by atoms with van der Waals surface area (Å²) in [5.74, 6) is 0. The van der Waals surface area contributed by atoms with E-state index >= 15 is 0 Å². The van der Waals surface area contributed by atoms with Crippen LogP contribution in [-0.4, -0.2) is 11.2 Å². The van der Waals surface area contributed by atoms with Crippen LogP contribution in [0.2, 0.25) is 0 Å². The normalized spacial score (nSPS) is 24.6. The average molecular weight is 246 g/mol. The van der Waals surface area contributed by atoms with Gasteiger partial charge in [-0.05, 0) is 0 Å². The highest BCUT2D eigenvalue weighted by Crippen LogP contribution is 2.43. The van der Waals surface area contributed by atoms with E-state index in [9.17, 15) is 21.0 Å². The van der Waals surface area contributed by atoms with E-state index in [1.165, 1.54) is 12.2 Å². The van der Waals surface area contributed by atoms with Crippen molar-refractivity contribution in [2.45, 2.75) is 11.2 Å². The lowest BCUT2D eigenvalue weighted by atomic mass is 9.88. The van der Waals surface area contributed by atoms with Crippen molar-refractivity contribution >= 4 is 0 Å². The Morgan fingerprint density at radius 3 is 1.37 bits per heavy atom. The van der Waals surface area contributed by atoms with E-state index in [0.29, 0.717) is 0 Å². The molecule has 0 aromatic carbocycles. The molecule has 0 atom stereocenters. The Labute approximate surface area is 109 Å². The van der Waals surface area contributed by atoms with Gasteiger partial charge in [-0.15, -0.1) is 0 Å². The minimum Gasteiger partial charge on any atom is -0.305 e. The van der Waals surface area contributed by atoms with E-state index in [1.54, 1.807) is 48.6 Å². The molecular formula is C14H6N4O. The Hall–Kier alpha value is -3.12. The first-order valence-electron chi connectivity index (χ1n) is 5.30. The van der Waals surface area contributed by atoms with Crippen molar-refractivity contribution in [2.75, 3.05) is 0 Å². The molecule has 0 bridgehead atoms. The van der Waals surface area contributed by atoms with E-state index in [2.05, 4.69) is 0 Å². The van der Waals surface area contributed by atoms with Gasteiger partial charge in [0.05, 0.1) is 0 Å². The molecule has 0 amide bonds. The minimum absolute atomic E-state index is 0.223. The monoisotopic (exact) mass is 246 g/mol. The van der Waals surface area contributed by atoms with E-state index in [0.717, 1.165) is 0 Å². The molecule has 0 unspecified atom stereocenters. The smallest absolute Gasteiger partial charge is 0.270 e. The van der Waals surface area contributed by atoms with Crippen molar-refractivity contribution in [1.82, 2.24) is 0 Å². The zero-order valence-corrected chi connectivity index (χ0v) is 9.66. The number of rotatable bonds is 0. The van der Waals surface area contributed by atoms with Gasteiger partial charge in [0, 0.05) is 11.1 Å². The van der Waals surface area contributed by atoms with Gasteiger partial charge in [0.1, 0.15) is 24.3 Å². The van der Waals surface area contributed by atoms with Crippen LogP contribution >= 0.6 is 0 Å². The molecule has 0 aromatic heterocycles. The molecule has 5 heteroatoms. The lowest BCUT2D eigenvalue weighted by Crippen LogP contribution is -2.35. The molecule has 88 valence electrons. The summed E-state index contributed by atoms with van der Waals surface area (Å²) in [5.41, 5.74) is -3.43. The fraction of sp³-hybridized carbons (Fsp3) is 0.143. The third kappa shape index (κ3) is 1.55. The number of allylic oxidation sites excluding steroid dienone is 4. The summed E-state index contributed by atoms with van der Waals surface area (Å²) in [6.45, 7) is 0. The van der Waals surface area contributed by atoms with Crippen molar-refractivity contribution < 1.29 is 4.74 Å². The molecule has 19 heavy (non-hydrogen) atoms. The summed E-state index contributed by atoms with van der Waals surface area (Å²) in [5, 5.41) is 36.9. The summed E-state index contributed by atoms with van der Waals surface area (Å²) in [4.78, 5) is 0. The SMILES string of the molecule is N#CC1(C#N)OC(C#N)(C#N)C2=C1C=C/C=C\C=C/2. The predicted molar refractivity (Wildman–Crippen MR) is 63.4 cm³/mol. The largest absolute Gasteiger partial charge is 0.305 e. The van der Waals surface area contributed by atoms with Crippen LogP contribution in [0.1, 0.15) is 0 Å². The first-order valence-corrected chi connectivity index (χ1v) is 5.30. The fourth-order valence-electron chi connectivity index (χ4n) is 1.95. The average Bonchev–Trinajstić information content (AvgIpc) is 2.68. The second kappa shape index (κ2) is 4.28. The number of hydrogen-bond donors (Lipinski definition) is 0. The van der Waals surface area contributed by atoms with Crippen molar-refractivity contribution in [3.05, 3.63) is 47.6 Å². The Bertz CT molecular complexity index is 623. The minimum atomic E-state index is -1.94. The summed E-state index contributed by atoms with van der Waals surface area (Å²) in [6, 6.07) is 6.98. The molecular weight excluding hydrogens is 240 g/mol. The molecule has 0 fully saturated rings. The Morgan fingerprint density at radius 2 is 1.05 bits per heavy atom. The standard InChI is InChI=1S/C14H6N4O/c15-7-13(8-16)11-5-3-1-2-4-6-12(11)14(9-17,10-18)19-13/h1-6H/b2-1-,3-1?,4-2?,5-3-,6-4?,11-5?,12-6?. The summed E-state index contributed by atoms with van der Waals surface area (Å²) < 4.78 is 5.24. The van der Waals surface area contributed by atoms with Crippen LogP contribution in [-0.2, 0) is 4.74 Å². The maximum atomic E-state index is 9.21. The molecule has 0 aromatic rings. The number of nitrogens with zero attached hydrogens (tertiary/aromatic N) is 4. The number of nitriles is 4. The van der Waals surface area contributed by atoms with Crippen molar-refractivity contribution in [2.24, 2.45) is 0 Å². The van der Waals surface area contributed by atoms with Gasteiger partial charge in [0.2, 0.25) is 0 Å². The first-order chi connectivity index (χ1) is 9.18. The Balaban J connectivity index is 2.80. The number of ether oxygens (including phenoxy) is 1. The topological polar surface area (TPSA) is 104 Å².